The van der Waals surface area contributed by atoms with Gasteiger partial charge in [-0.25, -0.2) is 0 Å². The van der Waals surface area contributed by atoms with E-state index in [9.17, 15) is 5.26 Å². The van der Waals surface area contributed by atoms with Crippen LogP contribution in [0.15, 0.2) is 69.6 Å². The number of hydrogen-bond donors (Lipinski definition) is 0. The maximum absolute atomic E-state index is 9.35. The molecule has 0 unspecified atom stereocenters. The summed E-state index contributed by atoms with van der Waals surface area (Å²) in [6, 6.07) is 23.9. The van der Waals surface area contributed by atoms with E-state index in [1.165, 1.54) is 73.9 Å². The zero-order valence-electron chi connectivity index (χ0n) is 21.5. The Labute approximate surface area is 234 Å². The molecule has 0 N–H and O–H groups in total. The van der Waals surface area contributed by atoms with E-state index < -0.39 is 0 Å². The normalized spacial score (nSPS) is 13.7. The second-order valence-electron chi connectivity index (χ2n) is 10.0. The largest absolute Gasteiger partial charge is 0.310 e. The highest BCUT2D eigenvalue weighted by molar-refractivity contribution is 9.10. The number of nitriles is 1. The molecule has 188 valence electrons. The van der Waals surface area contributed by atoms with E-state index in [1.54, 1.807) is 0 Å². The topological polar surface area (TPSA) is 27.0 Å². The second-order valence-corrected chi connectivity index (χ2v) is 11.9. The molecule has 0 aromatic heterocycles. The summed E-state index contributed by atoms with van der Waals surface area (Å²) in [7, 11) is 0. The third-order valence-electron chi connectivity index (χ3n) is 7.60. The van der Waals surface area contributed by atoms with Gasteiger partial charge in [0.05, 0.1) is 23.0 Å². The minimum Gasteiger partial charge on any atom is -0.310 e. The zero-order chi connectivity index (χ0) is 25.5. The van der Waals surface area contributed by atoms with Gasteiger partial charge in [0.2, 0.25) is 0 Å². The van der Waals surface area contributed by atoms with E-state index in [0.29, 0.717) is 5.56 Å². The highest BCUT2D eigenvalue weighted by Gasteiger charge is 2.43. The summed E-state index contributed by atoms with van der Waals surface area (Å²) >= 11 is 7.63. The van der Waals surface area contributed by atoms with E-state index in [4.69, 9.17) is 0 Å². The lowest BCUT2D eigenvalue weighted by atomic mass is 9.65. The number of rotatable bonds is 11. The van der Waals surface area contributed by atoms with Gasteiger partial charge in [-0.15, -0.1) is 0 Å². The number of halogens is 2. The Bertz CT molecular complexity index is 1140. The molecule has 0 aliphatic carbocycles. The van der Waals surface area contributed by atoms with Crippen molar-refractivity contribution in [2.45, 2.75) is 83.5 Å². The van der Waals surface area contributed by atoms with Gasteiger partial charge in [-0.05, 0) is 84.6 Å². The van der Waals surface area contributed by atoms with Gasteiger partial charge in [-0.3, -0.25) is 0 Å². The van der Waals surface area contributed by atoms with Crippen molar-refractivity contribution in [2.75, 3.05) is 4.90 Å². The fraction of sp³-hybridized carbons (Fsp3) is 0.406. The minimum absolute atomic E-state index is 0.0250. The Morgan fingerprint density at radius 3 is 1.64 bits per heavy atom. The molecule has 0 saturated heterocycles. The lowest BCUT2D eigenvalue weighted by Gasteiger charge is -2.46. The predicted molar refractivity (Wildman–Crippen MR) is 160 cm³/mol. The van der Waals surface area contributed by atoms with Crippen LogP contribution in [0, 0.1) is 11.3 Å². The Morgan fingerprint density at radius 2 is 1.19 bits per heavy atom. The van der Waals surface area contributed by atoms with Gasteiger partial charge >= 0.3 is 0 Å². The van der Waals surface area contributed by atoms with Gasteiger partial charge in [0, 0.05) is 20.0 Å². The summed E-state index contributed by atoms with van der Waals surface area (Å²) in [5, 5.41) is 9.35. The molecule has 4 heteroatoms. The predicted octanol–water partition coefficient (Wildman–Crippen LogP) is 11.1. The number of fused-ring (bicyclic) bond motifs is 2. The van der Waals surface area contributed by atoms with Crippen LogP contribution in [0.1, 0.15) is 94.7 Å². The van der Waals surface area contributed by atoms with E-state index >= 15 is 0 Å². The zero-order valence-corrected chi connectivity index (χ0v) is 24.7. The molecule has 1 heterocycles. The molecule has 0 fully saturated rings. The van der Waals surface area contributed by atoms with Crippen LogP contribution in [0.25, 0.3) is 0 Å². The standard InChI is InChI=1S/C32H36Br2N2/c1-3-5-7-9-19-32(20-10-8-6-4-2)28-21-25(33)13-17-30(28)36(27-15-11-24(23-35)12-16-27)31-18-14-26(34)22-29(31)32/h11-18,21-22H,3-10,19-20H2,1-2H3. The average Bonchev–Trinajstić information content (AvgIpc) is 2.90. The lowest BCUT2D eigenvalue weighted by molar-refractivity contribution is 0.391. The van der Waals surface area contributed by atoms with Gasteiger partial charge in [0.15, 0.2) is 0 Å². The third kappa shape index (κ3) is 5.58. The molecule has 0 bridgehead atoms. The van der Waals surface area contributed by atoms with Crippen molar-refractivity contribution in [1.29, 1.82) is 5.26 Å². The maximum atomic E-state index is 9.35. The summed E-state index contributed by atoms with van der Waals surface area (Å²) in [5.41, 5.74) is 7.09. The second kappa shape index (κ2) is 12.4. The van der Waals surface area contributed by atoms with Crippen LogP contribution in [0.4, 0.5) is 17.1 Å². The first-order valence-corrected chi connectivity index (χ1v) is 15.0. The molecule has 36 heavy (non-hydrogen) atoms. The number of anilines is 3. The van der Waals surface area contributed by atoms with Crippen molar-refractivity contribution in [1.82, 2.24) is 0 Å². The SMILES string of the molecule is CCCCCCC1(CCCCCC)c2cc(Br)ccc2N(c2ccc(C#N)cc2)c2ccc(Br)cc21. The first-order chi connectivity index (χ1) is 17.5. The Balaban J connectivity index is 1.91. The molecule has 0 amide bonds. The van der Waals surface area contributed by atoms with Crippen LogP contribution in [0.2, 0.25) is 0 Å². The highest BCUT2D eigenvalue weighted by Crippen LogP contribution is 2.57. The smallest absolute Gasteiger partial charge is 0.0991 e. The first-order valence-electron chi connectivity index (χ1n) is 13.4. The van der Waals surface area contributed by atoms with Crippen LogP contribution in [-0.2, 0) is 5.41 Å². The van der Waals surface area contributed by atoms with Crippen LogP contribution in [-0.4, -0.2) is 0 Å². The first kappa shape index (κ1) is 27.0. The lowest BCUT2D eigenvalue weighted by Crippen LogP contribution is -2.36. The number of hydrogen-bond acceptors (Lipinski definition) is 2. The van der Waals surface area contributed by atoms with Crippen molar-refractivity contribution in [3.63, 3.8) is 0 Å². The Morgan fingerprint density at radius 1 is 0.694 bits per heavy atom. The van der Waals surface area contributed by atoms with Crippen LogP contribution in [0.5, 0.6) is 0 Å². The van der Waals surface area contributed by atoms with Crippen LogP contribution in [0.3, 0.4) is 0 Å². The van der Waals surface area contributed by atoms with Crippen molar-refractivity contribution < 1.29 is 0 Å². The molecule has 1 aliphatic heterocycles. The van der Waals surface area contributed by atoms with E-state index in [0.717, 1.165) is 27.5 Å². The van der Waals surface area contributed by atoms with Crippen LogP contribution < -0.4 is 4.90 Å². The fourth-order valence-electron chi connectivity index (χ4n) is 5.78. The summed E-state index contributed by atoms with van der Waals surface area (Å²) in [4.78, 5) is 2.39. The molecule has 3 aromatic rings. The number of nitrogens with zero attached hydrogens (tertiary/aromatic N) is 2. The van der Waals surface area contributed by atoms with Crippen molar-refractivity contribution in [2.24, 2.45) is 0 Å². The molecular weight excluding hydrogens is 572 g/mol. The summed E-state index contributed by atoms with van der Waals surface area (Å²) in [6.45, 7) is 4.57. The third-order valence-corrected chi connectivity index (χ3v) is 8.59. The molecule has 2 nitrogen and oxygen atoms in total. The summed E-state index contributed by atoms with van der Waals surface area (Å²) in [6.07, 6.45) is 12.4. The van der Waals surface area contributed by atoms with Crippen molar-refractivity contribution >= 4 is 48.9 Å². The van der Waals surface area contributed by atoms with Crippen molar-refractivity contribution in [3.8, 4) is 6.07 Å². The quantitative estimate of drug-likeness (QED) is 0.203. The van der Waals surface area contributed by atoms with E-state index in [2.05, 4.69) is 105 Å². The number of unbranched alkanes of at least 4 members (excludes halogenated alkanes) is 6. The van der Waals surface area contributed by atoms with Gasteiger partial charge in [-0.2, -0.15) is 5.26 Å². The molecule has 0 radical (unpaired) electrons. The molecular formula is C32H36Br2N2. The Hall–Kier alpha value is -2.09. The highest BCUT2D eigenvalue weighted by atomic mass is 79.9. The summed E-state index contributed by atoms with van der Waals surface area (Å²) < 4.78 is 2.26. The van der Waals surface area contributed by atoms with Gasteiger partial charge in [0.25, 0.3) is 0 Å². The van der Waals surface area contributed by atoms with Gasteiger partial charge in [-0.1, -0.05) is 97.1 Å². The molecule has 0 saturated carbocycles. The van der Waals surface area contributed by atoms with Crippen molar-refractivity contribution in [3.05, 3.63) is 86.3 Å². The fourth-order valence-corrected chi connectivity index (χ4v) is 6.50. The number of benzene rings is 3. The monoisotopic (exact) mass is 606 g/mol. The van der Waals surface area contributed by atoms with E-state index in [-0.39, 0.29) is 5.41 Å². The molecule has 4 rings (SSSR count). The van der Waals surface area contributed by atoms with Crippen LogP contribution >= 0.6 is 31.9 Å². The van der Waals surface area contributed by atoms with E-state index in [1.807, 2.05) is 12.1 Å². The maximum Gasteiger partial charge on any atom is 0.0991 e. The molecule has 3 aromatic carbocycles. The van der Waals surface area contributed by atoms with Gasteiger partial charge in [0.1, 0.15) is 0 Å². The molecule has 0 spiro atoms. The Kier molecular flexibility index (Phi) is 9.31. The van der Waals surface area contributed by atoms with Gasteiger partial charge < -0.3 is 4.90 Å². The average molecular weight is 608 g/mol. The summed E-state index contributed by atoms with van der Waals surface area (Å²) in [5.74, 6) is 0. The molecule has 0 atom stereocenters. The molecule has 1 aliphatic rings. The minimum atomic E-state index is -0.0250.